The molecule has 0 radical (unpaired) electrons. The summed E-state index contributed by atoms with van der Waals surface area (Å²) in [7, 11) is 1.33. The number of allylic oxidation sites excluding steroid dienone is 14. The summed E-state index contributed by atoms with van der Waals surface area (Å²) in [5.74, 6) is -0.348. The van der Waals surface area contributed by atoms with E-state index in [0.717, 1.165) is 96.3 Å². The van der Waals surface area contributed by atoms with Gasteiger partial charge in [-0.1, -0.05) is 176 Å². The monoisotopic (exact) mass is 874 g/mol. The maximum atomic E-state index is 12.7. The molecular formula is C52H92NO7P. The van der Waals surface area contributed by atoms with Crippen LogP contribution in [0.5, 0.6) is 0 Å². The number of carbonyl (C=O) groups is 1. The van der Waals surface area contributed by atoms with Gasteiger partial charge in [0, 0.05) is 13.0 Å². The van der Waals surface area contributed by atoms with Crippen LogP contribution in [0.2, 0.25) is 0 Å². The Morgan fingerprint density at radius 1 is 0.525 bits per heavy atom. The molecule has 0 aliphatic rings. The number of ether oxygens (including phenoxy) is 2. The van der Waals surface area contributed by atoms with Crippen LogP contribution < -0.4 is 4.89 Å². The summed E-state index contributed by atoms with van der Waals surface area (Å²) in [4.78, 5) is 25.1. The van der Waals surface area contributed by atoms with Gasteiger partial charge in [-0.05, 0) is 83.5 Å². The van der Waals surface area contributed by atoms with E-state index in [1.807, 2.05) is 21.1 Å². The van der Waals surface area contributed by atoms with E-state index in [2.05, 4.69) is 98.9 Å². The van der Waals surface area contributed by atoms with Crippen molar-refractivity contribution in [1.82, 2.24) is 0 Å². The molecule has 8 nitrogen and oxygen atoms in total. The Bertz CT molecular complexity index is 1250. The average Bonchev–Trinajstić information content (AvgIpc) is 3.22. The first-order valence-corrected chi connectivity index (χ1v) is 25.8. The Morgan fingerprint density at radius 2 is 0.951 bits per heavy atom. The van der Waals surface area contributed by atoms with Gasteiger partial charge >= 0.3 is 5.97 Å². The minimum Gasteiger partial charge on any atom is -0.756 e. The van der Waals surface area contributed by atoms with Crippen LogP contribution in [0.3, 0.4) is 0 Å². The SMILES string of the molecule is CC/C=C\C/C=C\C/C=C\C/C=C\C/C=C\CCCCCCCCCCCC(=O)OC(COCCCCCCCC/C=C\C/C=C\CCC)COP(=O)([O-])OCC[N+](C)(C)C. The molecule has 0 saturated heterocycles. The second kappa shape index (κ2) is 44.3. The van der Waals surface area contributed by atoms with Crippen LogP contribution in [-0.4, -0.2) is 70.7 Å². The molecule has 0 fully saturated rings. The number of nitrogens with zero attached hydrogens (tertiary/aromatic N) is 1. The molecule has 0 saturated carbocycles. The van der Waals surface area contributed by atoms with E-state index < -0.39 is 13.9 Å². The molecule has 2 atom stereocenters. The van der Waals surface area contributed by atoms with E-state index in [4.69, 9.17) is 18.5 Å². The number of phosphoric acid groups is 1. The maximum Gasteiger partial charge on any atom is 0.306 e. The third kappa shape index (κ3) is 48.6. The van der Waals surface area contributed by atoms with Gasteiger partial charge in [0.25, 0.3) is 7.82 Å². The highest BCUT2D eigenvalue weighted by molar-refractivity contribution is 7.45. The van der Waals surface area contributed by atoms with Gasteiger partial charge in [0.2, 0.25) is 0 Å². The number of hydrogen-bond donors (Lipinski definition) is 0. The van der Waals surface area contributed by atoms with Crippen LogP contribution in [0, 0.1) is 0 Å². The van der Waals surface area contributed by atoms with Crippen LogP contribution in [-0.2, 0) is 27.9 Å². The first-order valence-electron chi connectivity index (χ1n) is 24.3. The number of phosphoric ester groups is 1. The molecule has 0 N–H and O–H groups in total. The Morgan fingerprint density at radius 3 is 1.43 bits per heavy atom. The molecule has 61 heavy (non-hydrogen) atoms. The first-order chi connectivity index (χ1) is 29.6. The largest absolute Gasteiger partial charge is 0.756 e. The molecule has 0 aromatic rings. The van der Waals surface area contributed by atoms with Crippen molar-refractivity contribution < 1.29 is 37.3 Å². The van der Waals surface area contributed by atoms with Crippen molar-refractivity contribution in [2.24, 2.45) is 0 Å². The van der Waals surface area contributed by atoms with Crippen molar-refractivity contribution in [2.75, 3.05) is 54.1 Å². The molecule has 0 heterocycles. The van der Waals surface area contributed by atoms with E-state index in [1.165, 1.54) is 64.2 Å². The van der Waals surface area contributed by atoms with Crippen LogP contribution in [0.25, 0.3) is 0 Å². The Kier molecular flexibility index (Phi) is 42.6. The van der Waals surface area contributed by atoms with Gasteiger partial charge in [0.15, 0.2) is 0 Å². The minimum atomic E-state index is -4.54. The lowest BCUT2D eigenvalue weighted by molar-refractivity contribution is -0.870. The van der Waals surface area contributed by atoms with Crippen molar-refractivity contribution in [3.63, 3.8) is 0 Å². The zero-order valence-corrected chi connectivity index (χ0v) is 40.7. The van der Waals surface area contributed by atoms with Gasteiger partial charge in [-0.25, -0.2) is 0 Å². The summed E-state index contributed by atoms with van der Waals surface area (Å²) in [6.45, 7) is 5.19. The fraction of sp³-hybridized carbons (Fsp3) is 0.712. The highest BCUT2D eigenvalue weighted by Gasteiger charge is 2.20. The molecule has 0 spiro atoms. The average molecular weight is 874 g/mol. The van der Waals surface area contributed by atoms with Gasteiger partial charge in [0.1, 0.15) is 19.3 Å². The second-order valence-corrected chi connectivity index (χ2v) is 18.5. The highest BCUT2D eigenvalue weighted by atomic mass is 31.2. The van der Waals surface area contributed by atoms with E-state index >= 15 is 0 Å². The standard InChI is InChI=1S/C52H92NO7P/c1-6-8-10-12-14-16-18-20-22-23-24-25-26-27-28-29-30-31-32-33-35-37-39-41-43-45-52(54)60-51(50-59-61(55,56)58-48-46-53(3,4)5)49-57-47-44-42-40-38-36-34-21-19-17-15-13-11-9-7-2/h8,10-11,13-14,16-17,19-20,22,24-25,27-28,51H,6-7,9,12,15,18,21,23,26,29-50H2,1-5H3/b10-8-,13-11-,16-14-,19-17-,22-20-,25-24-,28-27-. The Balaban J connectivity index is 4.17. The zero-order chi connectivity index (χ0) is 44.8. The van der Waals surface area contributed by atoms with Crippen molar-refractivity contribution in [2.45, 2.75) is 187 Å². The van der Waals surface area contributed by atoms with E-state index in [-0.39, 0.29) is 25.8 Å². The van der Waals surface area contributed by atoms with Gasteiger partial charge in [-0.2, -0.15) is 0 Å². The number of likely N-dealkylation sites (N-methyl/N-ethyl adjacent to an activating group) is 1. The summed E-state index contributed by atoms with van der Waals surface area (Å²) in [5.41, 5.74) is 0. The molecule has 0 aliphatic heterocycles. The summed E-state index contributed by atoms with van der Waals surface area (Å²) >= 11 is 0. The van der Waals surface area contributed by atoms with E-state index in [0.29, 0.717) is 24.1 Å². The van der Waals surface area contributed by atoms with E-state index in [1.54, 1.807) is 0 Å². The molecule has 0 aromatic heterocycles. The lowest BCUT2D eigenvalue weighted by Crippen LogP contribution is -2.37. The van der Waals surface area contributed by atoms with Gasteiger partial charge in [-0.3, -0.25) is 9.36 Å². The molecule has 0 aliphatic carbocycles. The summed E-state index contributed by atoms with van der Waals surface area (Å²) in [6, 6.07) is 0. The Labute approximate surface area is 375 Å². The number of hydrogen-bond acceptors (Lipinski definition) is 7. The predicted molar refractivity (Wildman–Crippen MR) is 258 cm³/mol. The van der Waals surface area contributed by atoms with Gasteiger partial charge in [-0.15, -0.1) is 0 Å². The topological polar surface area (TPSA) is 94.1 Å². The number of unbranched alkanes of at least 4 members (excludes halogenated alkanes) is 16. The van der Waals surface area contributed by atoms with Crippen LogP contribution in [0.4, 0.5) is 0 Å². The lowest BCUT2D eigenvalue weighted by atomic mass is 10.1. The number of quaternary nitrogens is 1. The van der Waals surface area contributed by atoms with Crippen molar-refractivity contribution in [1.29, 1.82) is 0 Å². The maximum absolute atomic E-state index is 12.7. The zero-order valence-electron chi connectivity index (χ0n) is 39.8. The van der Waals surface area contributed by atoms with Gasteiger partial charge < -0.3 is 27.9 Å². The summed E-state index contributed by atoms with van der Waals surface area (Å²) in [6.07, 6.45) is 58.9. The van der Waals surface area contributed by atoms with Crippen LogP contribution in [0.1, 0.15) is 181 Å². The number of carbonyl (C=O) groups excluding carboxylic acids is 1. The number of rotatable bonds is 44. The lowest BCUT2D eigenvalue weighted by Gasteiger charge is -2.28. The molecule has 0 aromatic carbocycles. The Hall–Kier alpha value is -2.32. The highest BCUT2D eigenvalue weighted by Crippen LogP contribution is 2.38. The normalized spacial score (nSPS) is 14.4. The quantitative estimate of drug-likeness (QED) is 0.0198. The summed E-state index contributed by atoms with van der Waals surface area (Å²) < 4.78 is 34.6. The molecule has 0 rings (SSSR count). The molecule has 9 heteroatoms. The van der Waals surface area contributed by atoms with Crippen molar-refractivity contribution >= 4 is 13.8 Å². The molecule has 2 unspecified atom stereocenters. The van der Waals surface area contributed by atoms with Gasteiger partial charge in [0.05, 0.1) is 34.4 Å². The van der Waals surface area contributed by atoms with Crippen LogP contribution in [0.15, 0.2) is 85.1 Å². The first kappa shape index (κ1) is 58.7. The fourth-order valence-corrected chi connectivity index (χ4v) is 6.93. The van der Waals surface area contributed by atoms with E-state index in [9.17, 15) is 14.3 Å². The fourth-order valence-electron chi connectivity index (χ4n) is 6.20. The molecule has 352 valence electrons. The van der Waals surface area contributed by atoms with Crippen molar-refractivity contribution in [3.05, 3.63) is 85.1 Å². The second-order valence-electron chi connectivity index (χ2n) is 17.1. The molecule has 0 amide bonds. The molecular weight excluding hydrogens is 782 g/mol. The third-order valence-corrected chi connectivity index (χ3v) is 10.9. The smallest absolute Gasteiger partial charge is 0.306 e. The molecule has 0 bridgehead atoms. The number of esters is 1. The minimum absolute atomic E-state index is 0.0183. The third-order valence-electron chi connectivity index (χ3n) is 9.91. The van der Waals surface area contributed by atoms with Crippen molar-refractivity contribution in [3.8, 4) is 0 Å². The van der Waals surface area contributed by atoms with Crippen LogP contribution >= 0.6 is 7.82 Å². The predicted octanol–water partition coefficient (Wildman–Crippen LogP) is 14.2. The summed E-state index contributed by atoms with van der Waals surface area (Å²) in [5, 5.41) is 0.